The SMILES string of the molecule is CC1=C(c2ccc(O)cc2F)C(c2ccc(OCCN3CC[C@@H](C)C3)cc2)Oc2cc(O)ccc21. The highest BCUT2D eigenvalue weighted by molar-refractivity contribution is 5.95. The van der Waals surface area contributed by atoms with Crippen LogP contribution in [0.15, 0.2) is 60.7 Å². The van der Waals surface area contributed by atoms with Gasteiger partial charge in [0.2, 0.25) is 0 Å². The molecule has 182 valence electrons. The van der Waals surface area contributed by atoms with Gasteiger partial charge in [0.25, 0.3) is 0 Å². The average Bonchev–Trinajstić information content (AvgIpc) is 3.25. The first-order valence-electron chi connectivity index (χ1n) is 12.0. The summed E-state index contributed by atoms with van der Waals surface area (Å²) in [6.45, 7) is 7.99. The lowest BCUT2D eigenvalue weighted by molar-refractivity contribution is 0.233. The fraction of sp³-hybridized carbons (Fsp3) is 0.310. The Morgan fingerprint density at radius 2 is 1.71 bits per heavy atom. The van der Waals surface area contributed by atoms with E-state index in [0.29, 0.717) is 23.5 Å². The van der Waals surface area contributed by atoms with Crippen LogP contribution in [0.25, 0.3) is 11.1 Å². The van der Waals surface area contributed by atoms with Gasteiger partial charge in [-0.15, -0.1) is 0 Å². The molecule has 0 bridgehead atoms. The summed E-state index contributed by atoms with van der Waals surface area (Å²) in [6, 6.07) is 16.8. The number of benzene rings is 3. The lowest BCUT2D eigenvalue weighted by Gasteiger charge is -2.31. The van der Waals surface area contributed by atoms with Gasteiger partial charge in [-0.2, -0.15) is 0 Å². The molecule has 0 spiro atoms. The molecule has 0 saturated carbocycles. The smallest absolute Gasteiger partial charge is 0.150 e. The van der Waals surface area contributed by atoms with E-state index in [4.69, 9.17) is 9.47 Å². The van der Waals surface area contributed by atoms with Gasteiger partial charge in [0.05, 0.1) is 0 Å². The predicted molar refractivity (Wildman–Crippen MR) is 134 cm³/mol. The van der Waals surface area contributed by atoms with Crippen molar-refractivity contribution in [3.63, 3.8) is 0 Å². The molecule has 6 heteroatoms. The van der Waals surface area contributed by atoms with Gasteiger partial charge in [0, 0.05) is 41.9 Å². The zero-order valence-electron chi connectivity index (χ0n) is 20.0. The number of ether oxygens (including phenoxy) is 2. The van der Waals surface area contributed by atoms with Crippen LogP contribution >= 0.6 is 0 Å². The highest BCUT2D eigenvalue weighted by atomic mass is 19.1. The summed E-state index contributed by atoms with van der Waals surface area (Å²) in [7, 11) is 0. The number of likely N-dealkylation sites (tertiary alicyclic amines) is 1. The van der Waals surface area contributed by atoms with Gasteiger partial charge in [0.15, 0.2) is 0 Å². The van der Waals surface area contributed by atoms with Gasteiger partial charge in [-0.3, -0.25) is 4.90 Å². The first kappa shape index (κ1) is 23.2. The molecule has 1 unspecified atom stereocenters. The van der Waals surface area contributed by atoms with E-state index in [2.05, 4.69) is 11.8 Å². The highest BCUT2D eigenvalue weighted by Gasteiger charge is 2.31. The molecular weight excluding hydrogens is 445 g/mol. The van der Waals surface area contributed by atoms with Crippen LogP contribution in [0.2, 0.25) is 0 Å². The molecule has 0 aliphatic carbocycles. The van der Waals surface area contributed by atoms with Crippen molar-refractivity contribution in [2.24, 2.45) is 5.92 Å². The maximum absolute atomic E-state index is 15.0. The Bertz CT molecular complexity index is 1250. The normalized spacial score (nSPS) is 20.0. The molecule has 1 fully saturated rings. The molecule has 3 aromatic carbocycles. The monoisotopic (exact) mass is 475 g/mol. The molecular formula is C29H30FNO4. The number of phenolic OH excluding ortho intramolecular Hbond substituents is 2. The molecule has 5 nitrogen and oxygen atoms in total. The zero-order valence-corrected chi connectivity index (χ0v) is 20.0. The Morgan fingerprint density at radius 1 is 1.00 bits per heavy atom. The first-order chi connectivity index (χ1) is 16.9. The third-order valence-electron chi connectivity index (χ3n) is 6.89. The Labute approximate surface area is 205 Å². The molecule has 0 radical (unpaired) electrons. The number of hydrogen-bond acceptors (Lipinski definition) is 5. The lowest BCUT2D eigenvalue weighted by Crippen LogP contribution is -2.25. The molecule has 3 aromatic rings. The van der Waals surface area contributed by atoms with E-state index in [1.807, 2.05) is 31.2 Å². The zero-order chi connectivity index (χ0) is 24.5. The molecule has 2 aliphatic heterocycles. The fourth-order valence-electron chi connectivity index (χ4n) is 5.01. The summed E-state index contributed by atoms with van der Waals surface area (Å²) < 4.78 is 27.3. The van der Waals surface area contributed by atoms with Gasteiger partial charge in [-0.25, -0.2) is 4.39 Å². The summed E-state index contributed by atoms with van der Waals surface area (Å²) in [5, 5.41) is 19.7. The lowest BCUT2D eigenvalue weighted by atomic mass is 9.86. The van der Waals surface area contributed by atoms with Crippen molar-refractivity contribution in [2.75, 3.05) is 26.2 Å². The number of allylic oxidation sites excluding steroid dienone is 1. The molecule has 5 rings (SSSR count). The van der Waals surface area contributed by atoms with Gasteiger partial charge in [-0.05, 0) is 73.3 Å². The Kier molecular flexibility index (Phi) is 6.39. The first-order valence-corrected chi connectivity index (χ1v) is 12.0. The van der Waals surface area contributed by atoms with E-state index in [1.165, 1.54) is 12.5 Å². The van der Waals surface area contributed by atoms with E-state index in [9.17, 15) is 14.6 Å². The van der Waals surface area contributed by atoms with E-state index >= 15 is 0 Å². The minimum absolute atomic E-state index is 0.103. The number of phenols is 2. The Hall–Kier alpha value is -3.51. The van der Waals surface area contributed by atoms with Crippen molar-refractivity contribution in [1.29, 1.82) is 0 Å². The number of halogens is 1. The van der Waals surface area contributed by atoms with Crippen LogP contribution in [0.1, 0.15) is 43.1 Å². The molecule has 0 amide bonds. The quantitative estimate of drug-likeness (QED) is 0.456. The van der Waals surface area contributed by atoms with Crippen molar-refractivity contribution in [3.05, 3.63) is 83.2 Å². The molecule has 0 aromatic heterocycles. The fourth-order valence-corrected chi connectivity index (χ4v) is 5.01. The number of aromatic hydroxyl groups is 2. The molecule has 2 N–H and O–H groups in total. The Balaban J connectivity index is 1.42. The largest absolute Gasteiger partial charge is 0.508 e. The molecule has 35 heavy (non-hydrogen) atoms. The van der Waals surface area contributed by atoms with E-state index in [1.54, 1.807) is 24.3 Å². The number of hydrogen-bond donors (Lipinski definition) is 2. The molecule has 2 aliphatic rings. The summed E-state index contributed by atoms with van der Waals surface area (Å²) in [6.07, 6.45) is 0.650. The predicted octanol–water partition coefficient (Wildman–Crippen LogP) is 6.02. The van der Waals surface area contributed by atoms with Gasteiger partial charge >= 0.3 is 0 Å². The number of rotatable bonds is 6. The number of fused-ring (bicyclic) bond motifs is 1. The summed E-state index contributed by atoms with van der Waals surface area (Å²) in [5.41, 5.74) is 3.52. The van der Waals surface area contributed by atoms with Crippen LogP contribution in [0, 0.1) is 11.7 Å². The van der Waals surface area contributed by atoms with Crippen molar-refractivity contribution >= 4 is 11.1 Å². The maximum atomic E-state index is 15.0. The van der Waals surface area contributed by atoms with Gasteiger partial charge < -0.3 is 19.7 Å². The maximum Gasteiger partial charge on any atom is 0.150 e. The van der Waals surface area contributed by atoms with Crippen molar-refractivity contribution in [2.45, 2.75) is 26.4 Å². The highest BCUT2D eigenvalue weighted by Crippen LogP contribution is 2.48. The average molecular weight is 476 g/mol. The third-order valence-corrected chi connectivity index (χ3v) is 6.89. The summed E-state index contributed by atoms with van der Waals surface area (Å²) in [5.74, 6) is 1.51. The second kappa shape index (κ2) is 9.62. The molecule has 2 atom stereocenters. The van der Waals surface area contributed by atoms with E-state index in [-0.39, 0.29) is 11.5 Å². The second-order valence-electron chi connectivity index (χ2n) is 9.49. The topological polar surface area (TPSA) is 62.2 Å². The van der Waals surface area contributed by atoms with E-state index in [0.717, 1.165) is 54.1 Å². The van der Waals surface area contributed by atoms with Crippen LogP contribution < -0.4 is 9.47 Å². The van der Waals surface area contributed by atoms with Crippen LogP contribution in [-0.2, 0) is 0 Å². The van der Waals surface area contributed by atoms with Crippen molar-refractivity contribution < 1.29 is 24.1 Å². The Morgan fingerprint density at radius 3 is 2.40 bits per heavy atom. The minimum Gasteiger partial charge on any atom is -0.508 e. The standard InChI is InChI=1S/C29H30FNO4/c1-18-11-12-31(17-18)13-14-34-23-7-3-20(4-8-23)29-28(25-10-6-21(32)15-26(25)30)19(2)24-9-5-22(33)16-27(24)35-29/h3-10,15-16,18,29,32-33H,11-14,17H2,1-2H3/t18-,29?/m1/s1. The minimum atomic E-state index is -0.594. The van der Waals surface area contributed by atoms with Crippen LogP contribution in [0.3, 0.4) is 0 Å². The van der Waals surface area contributed by atoms with Crippen LogP contribution in [0.4, 0.5) is 4.39 Å². The summed E-state index contributed by atoms with van der Waals surface area (Å²) in [4.78, 5) is 2.42. The van der Waals surface area contributed by atoms with Crippen LogP contribution in [0.5, 0.6) is 23.0 Å². The third kappa shape index (κ3) is 4.84. The molecule has 1 saturated heterocycles. The van der Waals surface area contributed by atoms with Gasteiger partial charge in [-0.1, -0.05) is 19.1 Å². The van der Waals surface area contributed by atoms with Crippen molar-refractivity contribution in [3.8, 4) is 23.0 Å². The molecule has 2 heterocycles. The van der Waals surface area contributed by atoms with E-state index < -0.39 is 11.9 Å². The summed E-state index contributed by atoms with van der Waals surface area (Å²) >= 11 is 0. The van der Waals surface area contributed by atoms with Crippen molar-refractivity contribution in [1.82, 2.24) is 4.90 Å². The number of nitrogens with zero attached hydrogens (tertiary/aromatic N) is 1. The van der Waals surface area contributed by atoms with Crippen LogP contribution in [-0.4, -0.2) is 41.4 Å². The van der Waals surface area contributed by atoms with Gasteiger partial charge in [0.1, 0.15) is 41.5 Å². The second-order valence-corrected chi connectivity index (χ2v) is 9.49.